The molecule has 0 N–H and O–H groups in total. The van der Waals surface area contributed by atoms with Gasteiger partial charge in [-0.15, -0.1) is 11.3 Å². The van der Waals surface area contributed by atoms with Crippen LogP contribution < -0.4 is 0 Å². The van der Waals surface area contributed by atoms with Crippen molar-refractivity contribution < 1.29 is 0 Å². The van der Waals surface area contributed by atoms with Crippen LogP contribution in [0.5, 0.6) is 0 Å². The van der Waals surface area contributed by atoms with Crippen molar-refractivity contribution in [3.05, 3.63) is 218 Å². The van der Waals surface area contributed by atoms with Crippen LogP contribution >= 0.6 is 11.3 Å². The number of nitrogens with zero attached hydrogens (tertiary/aromatic N) is 4. The van der Waals surface area contributed by atoms with E-state index in [1.54, 1.807) is 0 Å². The summed E-state index contributed by atoms with van der Waals surface area (Å²) in [5.41, 5.74) is 13.0. The first kappa shape index (κ1) is 35.9. The van der Waals surface area contributed by atoms with E-state index in [9.17, 15) is 0 Å². The van der Waals surface area contributed by atoms with Gasteiger partial charge in [-0.25, -0.2) is 15.0 Å². The zero-order valence-corrected chi connectivity index (χ0v) is 34.3. The maximum atomic E-state index is 5.16. The second-order valence-corrected chi connectivity index (χ2v) is 16.7. The molecular formula is C57H36N4S. The highest BCUT2D eigenvalue weighted by atomic mass is 32.1. The second kappa shape index (κ2) is 14.9. The summed E-state index contributed by atoms with van der Waals surface area (Å²) in [5.74, 6) is 1.89. The summed E-state index contributed by atoms with van der Waals surface area (Å²) in [5, 5.41) is 5.17. The summed E-state index contributed by atoms with van der Waals surface area (Å²) < 4.78 is 5.06. The summed E-state index contributed by atoms with van der Waals surface area (Å²) in [6.07, 6.45) is 0. The standard InChI is InChI=1S/C57H36N4S/c1-4-15-37(16-5-1)38-27-29-39(30-28-38)43-33-44(35-45(34-43)57-59-55(40-17-6-2-7-18-40)58-56(60-57)41-19-8-3-9-20-41)42-21-14-22-46(36-42)61-50-25-12-10-24-49(50)53-51(61)32-31-48-47-23-11-13-26-52(47)62-54(48)53/h1-36H. The minimum atomic E-state index is 0.618. The van der Waals surface area contributed by atoms with Gasteiger partial charge in [0.15, 0.2) is 17.5 Å². The molecule has 12 rings (SSSR count). The van der Waals surface area contributed by atoms with Crippen LogP contribution in [0.2, 0.25) is 0 Å². The zero-order chi connectivity index (χ0) is 41.0. The number of thiophene rings is 1. The minimum Gasteiger partial charge on any atom is -0.309 e. The fraction of sp³-hybridized carbons (Fsp3) is 0. The lowest BCUT2D eigenvalue weighted by Gasteiger charge is -2.14. The topological polar surface area (TPSA) is 43.6 Å². The van der Waals surface area contributed by atoms with Gasteiger partial charge in [0, 0.05) is 53.3 Å². The number of rotatable bonds is 7. The van der Waals surface area contributed by atoms with Gasteiger partial charge in [0.25, 0.3) is 0 Å². The van der Waals surface area contributed by atoms with Crippen molar-refractivity contribution >= 4 is 53.3 Å². The molecule has 3 aromatic heterocycles. The van der Waals surface area contributed by atoms with Crippen LogP contribution in [-0.2, 0) is 0 Å². The molecule has 0 aliphatic heterocycles. The molecule has 290 valence electrons. The number of aromatic nitrogens is 4. The summed E-state index contributed by atoms with van der Waals surface area (Å²) in [6, 6.07) is 77.5. The molecule has 5 heteroatoms. The molecular weight excluding hydrogens is 773 g/mol. The Bertz CT molecular complexity index is 3550. The van der Waals surface area contributed by atoms with Crippen LogP contribution in [0.1, 0.15) is 0 Å². The molecule has 0 spiro atoms. The average molecular weight is 809 g/mol. The summed E-state index contributed by atoms with van der Waals surface area (Å²) >= 11 is 1.88. The van der Waals surface area contributed by atoms with Crippen molar-refractivity contribution in [2.75, 3.05) is 0 Å². The normalized spacial score (nSPS) is 11.5. The van der Waals surface area contributed by atoms with Crippen LogP contribution in [-0.4, -0.2) is 19.5 Å². The van der Waals surface area contributed by atoms with Gasteiger partial charge in [-0.2, -0.15) is 0 Å². The van der Waals surface area contributed by atoms with Crippen LogP contribution in [0.3, 0.4) is 0 Å². The first-order valence-corrected chi connectivity index (χ1v) is 21.7. The number of para-hydroxylation sites is 1. The third-order valence-electron chi connectivity index (χ3n) is 11.8. The van der Waals surface area contributed by atoms with Crippen molar-refractivity contribution in [1.29, 1.82) is 0 Å². The van der Waals surface area contributed by atoms with E-state index in [1.807, 2.05) is 47.7 Å². The number of benzene rings is 9. The van der Waals surface area contributed by atoms with E-state index < -0.39 is 0 Å². The van der Waals surface area contributed by atoms with Crippen molar-refractivity contribution in [3.63, 3.8) is 0 Å². The molecule has 0 bridgehead atoms. The summed E-state index contributed by atoms with van der Waals surface area (Å²) in [4.78, 5) is 15.3. The fourth-order valence-electron chi connectivity index (χ4n) is 8.85. The lowest BCUT2D eigenvalue weighted by Crippen LogP contribution is -2.00. The third kappa shape index (κ3) is 6.26. The van der Waals surface area contributed by atoms with Gasteiger partial charge in [-0.05, 0) is 81.9 Å². The van der Waals surface area contributed by atoms with E-state index >= 15 is 0 Å². The van der Waals surface area contributed by atoms with Gasteiger partial charge >= 0.3 is 0 Å². The predicted molar refractivity (Wildman–Crippen MR) is 260 cm³/mol. The second-order valence-electron chi connectivity index (χ2n) is 15.6. The Morgan fingerprint density at radius 2 is 0.806 bits per heavy atom. The largest absolute Gasteiger partial charge is 0.309 e. The van der Waals surface area contributed by atoms with Gasteiger partial charge < -0.3 is 4.57 Å². The molecule has 3 heterocycles. The number of fused-ring (bicyclic) bond motifs is 7. The molecule has 0 radical (unpaired) electrons. The van der Waals surface area contributed by atoms with E-state index in [0.29, 0.717) is 17.5 Å². The molecule has 12 aromatic rings. The van der Waals surface area contributed by atoms with E-state index in [4.69, 9.17) is 15.0 Å². The van der Waals surface area contributed by atoms with Crippen LogP contribution in [0.15, 0.2) is 218 Å². The van der Waals surface area contributed by atoms with Crippen LogP contribution in [0, 0.1) is 0 Å². The highest BCUT2D eigenvalue weighted by molar-refractivity contribution is 7.26. The molecule has 0 aliphatic rings. The zero-order valence-electron chi connectivity index (χ0n) is 33.5. The summed E-state index contributed by atoms with van der Waals surface area (Å²) in [6.45, 7) is 0. The van der Waals surface area contributed by atoms with Crippen LogP contribution in [0.25, 0.3) is 115 Å². The predicted octanol–water partition coefficient (Wildman–Crippen LogP) is 15.3. The monoisotopic (exact) mass is 808 g/mol. The Morgan fingerprint density at radius 1 is 0.306 bits per heavy atom. The van der Waals surface area contributed by atoms with Gasteiger partial charge in [0.2, 0.25) is 0 Å². The maximum Gasteiger partial charge on any atom is 0.164 e. The van der Waals surface area contributed by atoms with E-state index in [0.717, 1.165) is 44.6 Å². The highest BCUT2D eigenvalue weighted by Gasteiger charge is 2.19. The Hall–Kier alpha value is -7.99. The molecule has 62 heavy (non-hydrogen) atoms. The van der Waals surface area contributed by atoms with Crippen molar-refractivity contribution in [3.8, 4) is 73.2 Å². The molecule has 0 aliphatic carbocycles. The van der Waals surface area contributed by atoms with Crippen molar-refractivity contribution in [2.24, 2.45) is 0 Å². The Morgan fingerprint density at radius 3 is 1.48 bits per heavy atom. The molecule has 0 saturated heterocycles. The quantitative estimate of drug-likeness (QED) is 0.161. The fourth-order valence-corrected chi connectivity index (χ4v) is 10.1. The SMILES string of the molecule is c1ccc(-c2ccc(-c3cc(-c4cccc(-n5c6ccccc6c6c7sc8ccccc8c7ccc65)c4)cc(-c4nc(-c5ccccc5)nc(-c5ccccc5)n4)c3)cc2)cc1. The lowest BCUT2D eigenvalue weighted by molar-refractivity contribution is 1.07. The first-order chi connectivity index (χ1) is 30.7. The molecule has 0 atom stereocenters. The lowest BCUT2D eigenvalue weighted by atomic mass is 9.94. The molecule has 0 amide bonds. The van der Waals surface area contributed by atoms with Gasteiger partial charge in [0.1, 0.15) is 0 Å². The number of hydrogen-bond acceptors (Lipinski definition) is 4. The van der Waals surface area contributed by atoms with E-state index in [1.165, 1.54) is 53.1 Å². The Kier molecular flexibility index (Phi) is 8.65. The molecule has 9 aromatic carbocycles. The third-order valence-corrected chi connectivity index (χ3v) is 13.0. The van der Waals surface area contributed by atoms with Gasteiger partial charge in [-0.1, -0.05) is 170 Å². The first-order valence-electron chi connectivity index (χ1n) is 20.8. The smallest absolute Gasteiger partial charge is 0.164 e. The minimum absolute atomic E-state index is 0.618. The molecule has 0 unspecified atom stereocenters. The van der Waals surface area contributed by atoms with Gasteiger partial charge in [-0.3, -0.25) is 0 Å². The van der Waals surface area contributed by atoms with Gasteiger partial charge in [0.05, 0.1) is 11.0 Å². The van der Waals surface area contributed by atoms with E-state index in [-0.39, 0.29) is 0 Å². The highest BCUT2D eigenvalue weighted by Crippen LogP contribution is 2.44. The Labute approximate surface area is 362 Å². The van der Waals surface area contributed by atoms with E-state index in [2.05, 4.69) is 187 Å². The average Bonchev–Trinajstić information content (AvgIpc) is 3.91. The Balaban J connectivity index is 1.05. The summed E-state index contributed by atoms with van der Waals surface area (Å²) in [7, 11) is 0. The number of hydrogen-bond donors (Lipinski definition) is 0. The van der Waals surface area contributed by atoms with Crippen molar-refractivity contribution in [1.82, 2.24) is 19.5 Å². The molecule has 0 fully saturated rings. The molecule has 0 saturated carbocycles. The van der Waals surface area contributed by atoms with Crippen LogP contribution in [0.4, 0.5) is 0 Å². The van der Waals surface area contributed by atoms with Crippen molar-refractivity contribution in [2.45, 2.75) is 0 Å². The maximum absolute atomic E-state index is 5.16. The molecule has 4 nitrogen and oxygen atoms in total.